The molecular weight excluding hydrogens is 420 g/mol. The molecule has 1 heterocycles. The average Bonchev–Trinajstić information content (AvgIpc) is 3.59. The van der Waals surface area contributed by atoms with Gasteiger partial charge in [0.05, 0.1) is 24.0 Å². The van der Waals surface area contributed by atoms with Crippen molar-refractivity contribution in [2.75, 3.05) is 5.32 Å². The predicted octanol–water partition coefficient (Wildman–Crippen LogP) is 3.84. The molecule has 1 aromatic heterocycles. The van der Waals surface area contributed by atoms with E-state index in [1.807, 2.05) is 6.07 Å². The average molecular weight is 449 g/mol. The lowest BCUT2D eigenvalue weighted by molar-refractivity contribution is -0.159. The highest BCUT2D eigenvalue weighted by atomic mass is 16.6. The van der Waals surface area contributed by atoms with Crippen molar-refractivity contribution in [2.45, 2.75) is 83.0 Å². The first kappa shape index (κ1) is 21.5. The highest BCUT2D eigenvalue weighted by Gasteiger charge is 2.31. The molecule has 1 unspecified atom stereocenters. The van der Waals surface area contributed by atoms with Crippen molar-refractivity contribution >= 4 is 17.7 Å². The number of rotatable bonds is 6. The van der Waals surface area contributed by atoms with Crippen LogP contribution in [0, 0.1) is 11.3 Å². The van der Waals surface area contributed by atoms with Crippen LogP contribution in [0.25, 0.3) is 0 Å². The summed E-state index contributed by atoms with van der Waals surface area (Å²) >= 11 is 0. The molecule has 1 atom stereocenters. The van der Waals surface area contributed by atoms with E-state index < -0.39 is 18.2 Å². The van der Waals surface area contributed by atoms with Crippen LogP contribution in [0.3, 0.4) is 0 Å². The Kier molecular flexibility index (Phi) is 6.03. The fraction of sp³-hybridized carbons (Fsp3) is 0.520. The lowest BCUT2D eigenvalue weighted by Crippen LogP contribution is -2.36. The van der Waals surface area contributed by atoms with Crippen molar-refractivity contribution in [3.63, 3.8) is 0 Å². The zero-order chi connectivity index (χ0) is 22.8. The molecule has 172 valence electrons. The summed E-state index contributed by atoms with van der Waals surface area (Å²) in [5.41, 5.74) is 6.26. The van der Waals surface area contributed by atoms with E-state index in [9.17, 15) is 9.59 Å². The number of carbonyl (C=O) groups is 2. The molecule has 0 aliphatic heterocycles. The van der Waals surface area contributed by atoms with Crippen LogP contribution in [-0.4, -0.2) is 34.1 Å². The van der Waals surface area contributed by atoms with E-state index in [0.29, 0.717) is 5.56 Å². The zero-order valence-electron chi connectivity index (χ0n) is 18.6. The van der Waals surface area contributed by atoms with Crippen LogP contribution in [0.4, 0.5) is 10.5 Å². The minimum absolute atomic E-state index is 0.00828. The van der Waals surface area contributed by atoms with Gasteiger partial charge >= 0.3 is 12.1 Å². The molecule has 0 bridgehead atoms. The maximum atomic E-state index is 13.0. The van der Waals surface area contributed by atoms with Gasteiger partial charge in [0.15, 0.2) is 0 Å². The summed E-state index contributed by atoms with van der Waals surface area (Å²) in [4.78, 5) is 25.9. The van der Waals surface area contributed by atoms with Crippen LogP contribution in [0.5, 0.6) is 0 Å². The molecule has 5 rings (SSSR count). The van der Waals surface area contributed by atoms with Crippen LogP contribution in [0.15, 0.2) is 18.5 Å². The lowest BCUT2D eigenvalue weighted by Gasteiger charge is -2.21. The van der Waals surface area contributed by atoms with E-state index in [0.717, 1.165) is 69.9 Å². The van der Waals surface area contributed by atoms with Crippen LogP contribution >= 0.6 is 0 Å². The van der Waals surface area contributed by atoms with Gasteiger partial charge in [-0.25, -0.2) is 9.59 Å². The Morgan fingerprint density at radius 3 is 2.45 bits per heavy atom. The van der Waals surface area contributed by atoms with Gasteiger partial charge in [0.1, 0.15) is 12.2 Å². The Morgan fingerprint density at radius 1 is 1.12 bits per heavy atom. The van der Waals surface area contributed by atoms with Crippen LogP contribution in [0.1, 0.15) is 66.3 Å². The van der Waals surface area contributed by atoms with Crippen molar-refractivity contribution in [3.05, 3.63) is 46.3 Å². The molecule has 1 saturated carbocycles. The van der Waals surface area contributed by atoms with Gasteiger partial charge in [-0.1, -0.05) is 6.07 Å². The monoisotopic (exact) mass is 448 g/mol. The van der Waals surface area contributed by atoms with Gasteiger partial charge in [0, 0.05) is 6.20 Å². The summed E-state index contributed by atoms with van der Waals surface area (Å²) in [5, 5.41) is 16.1. The molecule has 33 heavy (non-hydrogen) atoms. The Morgan fingerprint density at radius 2 is 1.82 bits per heavy atom. The Labute approximate surface area is 192 Å². The van der Waals surface area contributed by atoms with E-state index in [-0.39, 0.29) is 12.6 Å². The van der Waals surface area contributed by atoms with E-state index >= 15 is 0 Å². The number of hydrogen-bond acceptors (Lipinski definition) is 6. The fourth-order valence-electron chi connectivity index (χ4n) is 5.33. The molecule has 1 N–H and O–H groups in total. The smallest absolute Gasteiger partial charge is 0.412 e. The molecule has 8 nitrogen and oxygen atoms in total. The SMILES string of the molecule is N#Cc1cnn(CC(OC(=O)Nc2c3c(cc4c2CCC4)CCC3)C(=O)OC2CCCC2)c1. The summed E-state index contributed by atoms with van der Waals surface area (Å²) in [6.07, 6.45) is 10.8. The topological polar surface area (TPSA) is 106 Å². The number of fused-ring (bicyclic) bond motifs is 2. The number of benzene rings is 1. The minimum Gasteiger partial charge on any atom is -0.460 e. The van der Waals surface area contributed by atoms with Gasteiger partial charge in [0.25, 0.3) is 0 Å². The first-order valence-electron chi connectivity index (χ1n) is 11.9. The molecule has 1 fully saturated rings. The van der Waals surface area contributed by atoms with Crippen molar-refractivity contribution < 1.29 is 19.1 Å². The van der Waals surface area contributed by atoms with E-state index in [4.69, 9.17) is 14.7 Å². The third kappa shape index (κ3) is 4.58. The number of ether oxygens (including phenoxy) is 2. The van der Waals surface area contributed by atoms with Gasteiger partial charge in [-0.05, 0) is 86.5 Å². The van der Waals surface area contributed by atoms with Gasteiger partial charge in [-0.2, -0.15) is 10.4 Å². The molecule has 0 saturated heterocycles. The van der Waals surface area contributed by atoms with Crippen molar-refractivity contribution in [1.82, 2.24) is 9.78 Å². The second-order valence-electron chi connectivity index (χ2n) is 9.16. The number of nitrogens with zero attached hydrogens (tertiary/aromatic N) is 3. The number of aryl methyl sites for hydroxylation is 2. The maximum absolute atomic E-state index is 13.0. The van der Waals surface area contributed by atoms with Gasteiger partial charge in [-0.3, -0.25) is 10.00 Å². The summed E-state index contributed by atoms with van der Waals surface area (Å²) in [7, 11) is 0. The molecule has 0 spiro atoms. The van der Waals surface area contributed by atoms with E-state index in [1.165, 1.54) is 39.3 Å². The van der Waals surface area contributed by atoms with E-state index in [1.54, 1.807) is 0 Å². The van der Waals surface area contributed by atoms with Crippen LogP contribution < -0.4 is 5.32 Å². The van der Waals surface area contributed by atoms with Gasteiger partial charge in [-0.15, -0.1) is 0 Å². The molecule has 3 aliphatic carbocycles. The summed E-state index contributed by atoms with van der Waals surface area (Å²) in [6.45, 7) is -0.00828. The Balaban J connectivity index is 1.33. The van der Waals surface area contributed by atoms with Crippen LogP contribution in [0.2, 0.25) is 0 Å². The summed E-state index contributed by atoms with van der Waals surface area (Å²) in [6, 6.07) is 4.31. The second-order valence-corrected chi connectivity index (χ2v) is 9.16. The molecule has 8 heteroatoms. The maximum Gasteiger partial charge on any atom is 0.412 e. The largest absolute Gasteiger partial charge is 0.460 e. The Bertz CT molecular complexity index is 1080. The van der Waals surface area contributed by atoms with Crippen molar-refractivity contribution in [3.8, 4) is 6.07 Å². The van der Waals surface area contributed by atoms with Crippen LogP contribution in [-0.2, 0) is 46.5 Å². The second kappa shape index (κ2) is 9.26. The number of esters is 1. The molecule has 1 aromatic carbocycles. The normalized spacial score (nSPS) is 17.8. The summed E-state index contributed by atoms with van der Waals surface area (Å²) < 4.78 is 12.7. The number of anilines is 1. The predicted molar refractivity (Wildman–Crippen MR) is 120 cm³/mol. The minimum atomic E-state index is -1.15. The number of aromatic nitrogens is 2. The molecular formula is C25H28N4O4. The number of amides is 1. The number of hydrogen-bond donors (Lipinski definition) is 1. The lowest BCUT2D eigenvalue weighted by atomic mass is 9.99. The number of carbonyl (C=O) groups excluding carboxylic acids is 2. The standard InChI is InChI=1S/C25H28N4O4/c26-12-16-13-27-29(14-16)15-22(24(30)32-19-7-1-2-8-19)33-25(31)28-23-20-9-3-5-17(20)11-18-6-4-10-21(18)23/h11,13-14,19,22H,1-10,15H2,(H,28,31). The molecule has 1 amide bonds. The van der Waals surface area contributed by atoms with Gasteiger partial charge in [0.2, 0.25) is 6.10 Å². The third-order valence-corrected chi connectivity index (χ3v) is 6.91. The van der Waals surface area contributed by atoms with Crippen molar-refractivity contribution in [1.29, 1.82) is 5.26 Å². The quantitative estimate of drug-likeness (QED) is 0.673. The van der Waals surface area contributed by atoms with E-state index in [2.05, 4.69) is 16.5 Å². The Hall–Kier alpha value is -3.34. The third-order valence-electron chi connectivity index (χ3n) is 6.91. The summed E-state index contributed by atoms with van der Waals surface area (Å²) in [5.74, 6) is -0.574. The molecule has 2 aromatic rings. The fourth-order valence-corrected chi connectivity index (χ4v) is 5.33. The highest BCUT2D eigenvalue weighted by molar-refractivity contribution is 5.90. The molecule has 3 aliphatic rings. The zero-order valence-corrected chi connectivity index (χ0v) is 18.6. The van der Waals surface area contributed by atoms with Crippen molar-refractivity contribution in [2.24, 2.45) is 0 Å². The molecule has 0 radical (unpaired) electrons. The highest BCUT2D eigenvalue weighted by Crippen LogP contribution is 2.38. The van der Waals surface area contributed by atoms with Gasteiger partial charge < -0.3 is 9.47 Å². The first-order valence-corrected chi connectivity index (χ1v) is 11.9. The first-order chi connectivity index (χ1) is 16.1. The number of nitrogens with one attached hydrogen (secondary N) is 1. The number of nitriles is 1.